The predicted molar refractivity (Wildman–Crippen MR) is 71.1 cm³/mol. The molecule has 9 heteroatoms. The highest BCUT2D eigenvalue weighted by atomic mass is 16.4. The first-order chi connectivity index (χ1) is 9.15. The van der Waals surface area contributed by atoms with Gasteiger partial charge in [0.1, 0.15) is 0 Å². The van der Waals surface area contributed by atoms with Crippen LogP contribution in [0.2, 0.25) is 0 Å². The summed E-state index contributed by atoms with van der Waals surface area (Å²) in [4.78, 5) is 23.8. The van der Waals surface area contributed by atoms with E-state index in [0.29, 0.717) is 6.42 Å². The van der Waals surface area contributed by atoms with Gasteiger partial charge in [-0.15, -0.1) is 5.10 Å². The Morgan fingerprint density at radius 3 is 2.50 bits per heavy atom. The minimum Gasteiger partial charge on any atom is -0.481 e. The average Bonchev–Trinajstić information content (AvgIpc) is 2.59. The number of hydrogen-bond acceptors (Lipinski definition) is 5. The minimum absolute atomic E-state index is 0.0647. The summed E-state index contributed by atoms with van der Waals surface area (Å²) in [7, 11) is 1.57. The first-order valence-electron chi connectivity index (χ1n) is 6.19. The van der Waals surface area contributed by atoms with Crippen molar-refractivity contribution in [3.05, 3.63) is 0 Å². The number of carbonyl (C=O) groups is 2. The van der Waals surface area contributed by atoms with E-state index in [9.17, 15) is 9.59 Å². The summed E-state index contributed by atoms with van der Waals surface area (Å²) in [6.45, 7) is 5.93. The van der Waals surface area contributed by atoms with Crippen LogP contribution >= 0.6 is 0 Å². The Hall–Kier alpha value is -2.19. The Balaban J connectivity index is 2.59. The van der Waals surface area contributed by atoms with Gasteiger partial charge in [-0.05, 0) is 17.0 Å². The van der Waals surface area contributed by atoms with Crippen LogP contribution in [0.4, 0.5) is 10.7 Å². The molecule has 0 aliphatic rings. The number of carboxylic acids is 1. The van der Waals surface area contributed by atoms with Crippen LogP contribution < -0.4 is 10.6 Å². The third-order valence-electron chi connectivity index (χ3n) is 2.35. The lowest BCUT2D eigenvalue weighted by Gasteiger charge is -2.25. The number of aryl methyl sites for hydroxylation is 1. The third kappa shape index (κ3) is 6.12. The molecule has 0 fully saturated rings. The van der Waals surface area contributed by atoms with Gasteiger partial charge in [0.25, 0.3) is 5.95 Å². The maximum Gasteiger partial charge on any atom is 0.321 e. The van der Waals surface area contributed by atoms with Gasteiger partial charge in [-0.3, -0.25) is 10.1 Å². The summed E-state index contributed by atoms with van der Waals surface area (Å²) >= 11 is 0. The largest absolute Gasteiger partial charge is 0.481 e. The zero-order valence-electron chi connectivity index (χ0n) is 12.0. The molecule has 20 heavy (non-hydrogen) atoms. The summed E-state index contributed by atoms with van der Waals surface area (Å²) in [6.07, 6.45) is 0.402. The molecule has 3 N–H and O–H groups in total. The molecular formula is C11H20N6O3. The van der Waals surface area contributed by atoms with Gasteiger partial charge in [-0.2, -0.15) is 4.80 Å². The van der Waals surface area contributed by atoms with E-state index in [0.717, 1.165) is 0 Å². The number of carbonyl (C=O) groups excluding carboxylic acids is 1. The Morgan fingerprint density at radius 2 is 2.05 bits per heavy atom. The Labute approximate surface area is 116 Å². The Bertz CT molecular complexity index is 479. The number of carboxylic acid groups (broad SMARTS) is 1. The Kier molecular flexibility index (Phi) is 5.00. The van der Waals surface area contributed by atoms with E-state index < -0.39 is 18.0 Å². The van der Waals surface area contributed by atoms with E-state index in [1.807, 2.05) is 20.8 Å². The van der Waals surface area contributed by atoms with E-state index in [1.54, 1.807) is 7.05 Å². The molecule has 2 amide bonds. The molecule has 1 atom stereocenters. The maximum absolute atomic E-state index is 11.8. The van der Waals surface area contributed by atoms with Crippen LogP contribution in [0.1, 0.15) is 33.6 Å². The van der Waals surface area contributed by atoms with Crippen molar-refractivity contribution in [1.29, 1.82) is 0 Å². The smallest absolute Gasteiger partial charge is 0.321 e. The second-order valence-corrected chi connectivity index (χ2v) is 5.76. The van der Waals surface area contributed by atoms with Crippen molar-refractivity contribution in [1.82, 2.24) is 25.5 Å². The minimum atomic E-state index is -0.961. The van der Waals surface area contributed by atoms with E-state index in [4.69, 9.17) is 5.11 Å². The standard InChI is InChI=1S/C11H20N6O3/c1-11(2,3)6-7(5-8(18)19)12-10(20)13-9-14-16-17(4)15-9/h7H,5-6H2,1-4H3,(H,18,19)(H2,12,13,15,20). The second kappa shape index (κ2) is 6.31. The van der Waals surface area contributed by atoms with Crippen LogP contribution in [0.5, 0.6) is 0 Å². The topological polar surface area (TPSA) is 122 Å². The van der Waals surface area contributed by atoms with Gasteiger partial charge < -0.3 is 10.4 Å². The lowest BCUT2D eigenvalue weighted by Crippen LogP contribution is -2.41. The molecule has 0 aliphatic carbocycles. The molecule has 0 spiro atoms. The maximum atomic E-state index is 11.8. The number of tetrazole rings is 1. The van der Waals surface area contributed by atoms with Gasteiger partial charge in [0.05, 0.1) is 13.5 Å². The van der Waals surface area contributed by atoms with Crippen LogP contribution in [0.25, 0.3) is 0 Å². The molecule has 0 aliphatic heterocycles. The fraction of sp³-hybridized carbons (Fsp3) is 0.727. The lowest BCUT2D eigenvalue weighted by atomic mass is 9.87. The number of rotatable bonds is 5. The normalized spacial score (nSPS) is 12.8. The van der Waals surface area contributed by atoms with Crippen LogP contribution in [-0.2, 0) is 11.8 Å². The summed E-state index contributed by atoms with van der Waals surface area (Å²) in [5.74, 6) is -0.896. The summed E-state index contributed by atoms with van der Waals surface area (Å²) in [5.41, 5.74) is -0.0990. The molecule has 0 saturated heterocycles. The predicted octanol–water partition coefficient (Wildman–Crippen LogP) is 0.611. The molecular weight excluding hydrogens is 264 g/mol. The van der Waals surface area contributed by atoms with Crippen LogP contribution in [0.3, 0.4) is 0 Å². The highest BCUT2D eigenvalue weighted by molar-refractivity contribution is 5.87. The number of urea groups is 1. The number of nitrogens with one attached hydrogen (secondary N) is 2. The molecule has 0 aromatic carbocycles. The number of hydrogen-bond donors (Lipinski definition) is 3. The van der Waals surface area contributed by atoms with Crippen molar-refractivity contribution in [2.45, 2.75) is 39.7 Å². The van der Waals surface area contributed by atoms with Crippen molar-refractivity contribution in [3.8, 4) is 0 Å². The summed E-state index contributed by atoms with van der Waals surface area (Å²) in [5, 5.41) is 24.9. The average molecular weight is 284 g/mol. The van der Waals surface area contributed by atoms with Crippen molar-refractivity contribution in [2.75, 3.05) is 5.32 Å². The fourth-order valence-corrected chi connectivity index (χ4v) is 1.78. The van der Waals surface area contributed by atoms with E-state index in [2.05, 4.69) is 26.0 Å². The lowest BCUT2D eigenvalue weighted by molar-refractivity contribution is -0.137. The van der Waals surface area contributed by atoms with Gasteiger partial charge in [0.15, 0.2) is 0 Å². The number of amides is 2. The number of aromatic nitrogens is 4. The number of anilines is 1. The zero-order chi connectivity index (χ0) is 15.3. The van der Waals surface area contributed by atoms with Crippen molar-refractivity contribution < 1.29 is 14.7 Å². The first kappa shape index (κ1) is 15.9. The highest BCUT2D eigenvalue weighted by Crippen LogP contribution is 2.22. The molecule has 0 saturated carbocycles. The van der Waals surface area contributed by atoms with Crippen molar-refractivity contribution in [2.24, 2.45) is 12.5 Å². The zero-order valence-corrected chi connectivity index (χ0v) is 12.0. The molecule has 1 rings (SSSR count). The number of aliphatic carboxylic acids is 1. The second-order valence-electron chi connectivity index (χ2n) is 5.76. The molecule has 0 radical (unpaired) electrons. The fourth-order valence-electron chi connectivity index (χ4n) is 1.78. The summed E-state index contributed by atoms with van der Waals surface area (Å²) < 4.78 is 0. The molecule has 1 unspecified atom stereocenters. The van der Waals surface area contributed by atoms with Gasteiger partial charge in [-0.1, -0.05) is 25.9 Å². The van der Waals surface area contributed by atoms with E-state index in [1.165, 1.54) is 4.80 Å². The highest BCUT2D eigenvalue weighted by Gasteiger charge is 2.23. The van der Waals surface area contributed by atoms with Crippen LogP contribution in [0, 0.1) is 5.41 Å². The number of nitrogens with zero attached hydrogens (tertiary/aromatic N) is 4. The summed E-state index contributed by atoms with van der Waals surface area (Å²) in [6, 6.07) is -1.02. The van der Waals surface area contributed by atoms with Crippen molar-refractivity contribution >= 4 is 17.9 Å². The first-order valence-corrected chi connectivity index (χ1v) is 6.19. The molecule has 1 aromatic rings. The Morgan fingerprint density at radius 1 is 1.40 bits per heavy atom. The quantitative estimate of drug-likeness (QED) is 0.728. The molecule has 1 aromatic heterocycles. The van der Waals surface area contributed by atoms with Crippen LogP contribution in [-0.4, -0.2) is 43.4 Å². The monoisotopic (exact) mass is 284 g/mol. The molecule has 9 nitrogen and oxygen atoms in total. The van der Waals surface area contributed by atoms with Crippen LogP contribution in [0.15, 0.2) is 0 Å². The van der Waals surface area contributed by atoms with Gasteiger partial charge in [0.2, 0.25) is 0 Å². The van der Waals surface area contributed by atoms with Gasteiger partial charge in [-0.25, -0.2) is 4.79 Å². The van der Waals surface area contributed by atoms with Crippen molar-refractivity contribution in [3.63, 3.8) is 0 Å². The van der Waals surface area contributed by atoms with Gasteiger partial charge in [0, 0.05) is 6.04 Å². The molecule has 0 bridgehead atoms. The molecule has 1 heterocycles. The van der Waals surface area contributed by atoms with E-state index in [-0.39, 0.29) is 17.8 Å². The molecule has 112 valence electrons. The SMILES string of the molecule is Cn1nnc(NC(=O)NC(CC(=O)O)CC(C)(C)C)n1. The third-order valence-corrected chi connectivity index (χ3v) is 2.35. The van der Waals surface area contributed by atoms with Gasteiger partial charge >= 0.3 is 12.0 Å². The van der Waals surface area contributed by atoms with E-state index >= 15 is 0 Å².